The Morgan fingerprint density at radius 1 is 1.38 bits per heavy atom. The van der Waals surface area contributed by atoms with Crippen molar-refractivity contribution in [3.63, 3.8) is 0 Å². The molecule has 0 spiro atoms. The molecule has 118 valence electrons. The van der Waals surface area contributed by atoms with Crippen LogP contribution in [0.4, 0.5) is 11.6 Å². The van der Waals surface area contributed by atoms with Crippen LogP contribution in [0.1, 0.15) is 26.7 Å². The topological polar surface area (TPSA) is 31.4 Å². The summed E-state index contributed by atoms with van der Waals surface area (Å²) in [6.07, 6.45) is 2.51. The Bertz CT molecular complexity index is 481. The molecule has 1 atom stereocenters. The molecule has 1 N–H and O–H groups in total. The molecule has 21 heavy (non-hydrogen) atoms. The fraction of sp³-hybridized carbons (Fsp3) is 0.667. The van der Waals surface area contributed by atoms with Gasteiger partial charge in [0.25, 0.3) is 0 Å². The van der Waals surface area contributed by atoms with Gasteiger partial charge in [0.1, 0.15) is 11.6 Å². The summed E-state index contributed by atoms with van der Waals surface area (Å²) in [5.41, 5.74) is 0. The number of rotatable bonds is 6. The van der Waals surface area contributed by atoms with Crippen LogP contribution >= 0.6 is 23.2 Å². The van der Waals surface area contributed by atoms with E-state index in [-0.39, 0.29) is 0 Å². The van der Waals surface area contributed by atoms with E-state index in [4.69, 9.17) is 23.2 Å². The third kappa shape index (κ3) is 3.93. The number of nitrogens with one attached hydrogen (secondary N) is 1. The van der Waals surface area contributed by atoms with Crippen molar-refractivity contribution in [2.45, 2.75) is 32.7 Å². The lowest BCUT2D eigenvalue weighted by Crippen LogP contribution is -2.39. The minimum absolute atomic E-state index is 0.565. The predicted octanol–water partition coefficient (Wildman–Crippen LogP) is 3.74. The van der Waals surface area contributed by atoms with Gasteiger partial charge in [-0.15, -0.1) is 0 Å². The van der Waals surface area contributed by atoms with Crippen LogP contribution in [0.2, 0.25) is 10.0 Å². The van der Waals surface area contributed by atoms with Crippen LogP contribution in [0.25, 0.3) is 0 Å². The van der Waals surface area contributed by atoms with Gasteiger partial charge in [0.15, 0.2) is 0 Å². The predicted molar refractivity (Wildman–Crippen MR) is 92.0 cm³/mol. The molecule has 1 aromatic rings. The quantitative estimate of drug-likeness (QED) is 0.860. The second-order valence-corrected chi connectivity index (χ2v) is 6.27. The van der Waals surface area contributed by atoms with E-state index < -0.39 is 0 Å². The molecule has 1 aliphatic rings. The lowest BCUT2D eigenvalue weighted by atomic mass is 10.2. The Labute approximate surface area is 137 Å². The van der Waals surface area contributed by atoms with Crippen molar-refractivity contribution in [2.75, 3.05) is 43.4 Å². The van der Waals surface area contributed by atoms with Crippen molar-refractivity contribution in [2.24, 2.45) is 0 Å². The summed E-state index contributed by atoms with van der Waals surface area (Å²) in [5, 5.41) is 4.34. The van der Waals surface area contributed by atoms with Gasteiger partial charge in [-0.3, -0.25) is 4.90 Å². The van der Waals surface area contributed by atoms with Gasteiger partial charge in [0.2, 0.25) is 0 Å². The van der Waals surface area contributed by atoms with Crippen LogP contribution in [-0.4, -0.2) is 49.2 Å². The van der Waals surface area contributed by atoms with E-state index in [1.54, 1.807) is 6.07 Å². The van der Waals surface area contributed by atoms with E-state index in [1.165, 1.54) is 19.4 Å². The molecule has 4 nitrogen and oxygen atoms in total. The minimum Gasteiger partial charge on any atom is -0.369 e. The summed E-state index contributed by atoms with van der Waals surface area (Å²) in [6.45, 7) is 8.25. The van der Waals surface area contributed by atoms with Gasteiger partial charge in [-0.1, -0.05) is 30.1 Å². The Morgan fingerprint density at radius 2 is 2.14 bits per heavy atom. The first-order valence-corrected chi connectivity index (χ1v) is 8.37. The van der Waals surface area contributed by atoms with Crippen molar-refractivity contribution in [1.29, 1.82) is 0 Å². The fourth-order valence-corrected chi connectivity index (χ4v) is 3.51. The SMILES string of the molecule is CCNc1nc(N(C)CC2CCCN2CC)c(Cl)cc1Cl. The van der Waals surface area contributed by atoms with Crippen molar-refractivity contribution in [1.82, 2.24) is 9.88 Å². The first kappa shape index (κ1) is 16.7. The normalized spacial score (nSPS) is 19.0. The van der Waals surface area contributed by atoms with Crippen molar-refractivity contribution >= 4 is 34.8 Å². The summed E-state index contributed by atoms with van der Waals surface area (Å²) < 4.78 is 0. The molecule has 2 rings (SSSR count). The number of nitrogens with zero attached hydrogens (tertiary/aromatic N) is 3. The van der Waals surface area contributed by atoms with Crippen LogP contribution in [-0.2, 0) is 0 Å². The number of hydrogen-bond acceptors (Lipinski definition) is 4. The van der Waals surface area contributed by atoms with Crippen LogP contribution in [0.15, 0.2) is 6.07 Å². The van der Waals surface area contributed by atoms with E-state index in [1.807, 2.05) is 14.0 Å². The molecule has 2 heterocycles. The third-order valence-corrected chi connectivity index (χ3v) is 4.57. The van der Waals surface area contributed by atoms with Gasteiger partial charge in [-0.05, 0) is 38.9 Å². The fourth-order valence-electron chi connectivity index (χ4n) is 2.94. The number of likely N-dealkylation sites (tertiary alicyclic amines) is 1. The monoisotopic (exact) mass is 330 g/mol. The van der Waals surface area contributed by atoms with Crippen LogP contribution in [0, 0.1) is 0 Å². The molecule has 1 fully saturated rings. The van der Waals surface area contributed by atoms with E-state index in [9.17, 15) is 0 Å². The summed E-state index contributed by atoms with van der Waals surface area (Å²) in [6, 6.07) is 2.35. The smallest absolute Gasteiger partial charge is 0.149 e. The first-order chi connectivity index (χ1) is 10.1. The zero-order chi connectivity index (χ0) is 15.4. The molecule has 0 radical (unpaired) electrons. The van der Waals surface area contributed by atoms with Crippen LogP contribution < -0.4 is 10.2 Å². The molecule has 6 heteroatoms. The number of anilines is 2. The Kier molecular flexibility index (Phi) is 5.97. The van der Waals surface area contributed by atoms with Crippen molar-refractivity contribution in [3.8, 4) is 0 Å². The highest BCUT2D eigenvalue weighted by molar-refractivity contribution is 6.37. The second-order valence-electron chi connectivity index (χ2n) is 5.46. The first-order valence-electron chi connectivity index (χ1n) is 7.61. The molecule has 1 unspecified atom stereocenters. The van der Waals surface area contributed by atoms with Crippen molar-refractivity contribution in [3.05, 3.63) is 16.1 Å². The number of halogens is 2. The van der Waals surface area contributed by atoms with Gasteiger partial charge in [0.05, 0.1) is 10.0 Å². The maximum Gasteiger partial charge on any atom is 0.149 e. The molecular formula is C15H24Cl2N4. The van der Waals surface area contributed by atoms with E-state index in [0.717, 1.165) is 25.5 Å². The number of likely N-dealkylation sites (N-methyl/N-ethyl adjacent to an activating group) is 2. The Morgan fingerprint density at radius 3 is 2.81 bits per heavy atom. The minimum atomic E-state index is 0.565. The molecule has 0 saturated carbocycles. The van der Waals surface area contributed by atoms with E-state index >= 15 is 0 Å². The van der Waals surface area contributed by atoms with Gasteiger partial charge in [-0.25, -0.2) is 4.98 Å². The van der Waals surface area contributed by atoms with Crippen LogP contribution in [0.3, 0.4) is 0 Å². The maximum atomic E-state index is 6.32. The average molecular weight is 331 g/mol. The second kappa shape index (κ2) is 7.52. The Hall–Kier alpha value is -0.710. The largest absolute Gasteiger partial charge is 0.369 e. The average Bonchev–Trinajstić information content (AvgIpc) is 2.89. The zero-order valence-corrected chi connectivity index (χ0v) is 14.5. The lowest BCUT2D eigenvalue weighted by Gasteiger charge is -2.29. The standard InChI is InChI=1S/C15H24Cl2N4/c1-4-18-14-12(16)9-13(17)15(19-14)20(3)10-11-7-6-8-21(11)5-2/h9,11H,4-8,10H2,1-3H3,(H,18,19). The molecule has 0 bridgehead atoms. The Balaban J connectivity index is 2.14. The third-order valence-electron chi connectivity index (χ3n) is 4.01. The summed E-state index contributed by atoms with van der Waals surface area (Å²) in [7, 11) is 2.05. The van der Waals surface area contributed by atoms with Gasteiger partial charge in [-0.2, -0.15) is 0 Å². The number of pyridine rings is 1. The van der Waals surface area contributed by atoms with Crippen molar-refractivity contribution < 1.29 is 0 Å². The molecular weight excluding hydrogens is 307 g/mol. The molecule has 0 aliphatic carbocycles. The van der Waals surface area contributed by atoms with Gasteiger partial charge < -0.3 is 10.2 Å². The summed E-state index contributed by atoms with van der Waals surface area (Å²) >= 11 is 12.5. The van der Waals surface area contributed by atoms with E-state index in [0.29, 0.717) is 21.9 Å². The molecule has 0 amide bonds. The lowest BCUT2D eigenvalue weighted by molar-refractivity contribution is 0.270. The maximum absolute atomic E-state index is 6.32. The highest BCUT2D eigenvalue weighted by Crippen LogP contribution is 2.31. The molecule has 0 aromatic carbocycles. The van der Waals surface area contributed by atoms with Gasteiger partial charge >= 0.3 is 0 Å². The number of hydrogen-bond donors (Lipinski definition) is 1. The number of aromatic nitrogens is 1. The van der Waals surface area contributed by atoms with Gasteiger partial charge in [0, 0.05) is 26.2 Å². The molecule has 1 aliphatic heterocycles. The van der Waals surface area contributed by atoms with Crippen LogP contribution in [0.5, 0.6) is 0 Å². The highest BCUT2D eigenvalue weighted by Gasteiger charge is 2.25. The van der Waals surface area contributed by atoms with E-state index in [2.05, 4.69) is 27.0 Å². The summed E-state index contributed by atoms with van der Waals surface area (Å²) in [4.78, 5) is 9.24. The molecule has 1 saturated heterocycles. The highest BCUT2D eigenvalue weighted by atomic mass is 35.5. The summed E-state index contributed by atoms with van der Waals surface area (Å²) in [5.74, 6) is 1.49. The zero-order valence-electron chi connectivity index (χ0n) is 13.0. The molecule has 1 aromatic heterocycles.